The summed E-state index contributed by atoms with van der Waals surface area (Å²) in [5, 5.41) is 10.9. The maximum Gasteiger partial charge on any atom is 0.419 e. The molecule has 0 spiro atoms. The molecule has 14 nitrogen and oxygen atoms in total. The van der Waals surface area contributed by atoms with Crippen molar-refractivity contribution < 1.29 is 31.2 Å². The van der Waals surface area contributed by atoms with Crippen molar-refractivity contribution in [2.24, 2.45) is 13.0 Å². The number of carbonyl (C=O) groups excluding carboxylic acids is 2. The Balaban J connectivity index is 0.780. The first-order chi connectivity index (χ1) is 27.3. The number of rotatable bonds is 9. The number of imide groups is 1. The fourth-order valence-electron chi connectivity index (χ4n) is 8.61. The third-order valence-electron chi connectivity index (χ3n) is 12.0. The molecule has 0 radical (unpaired) electrons. The van der Waals surface area contributed by atoms with Crippen molar-refractivity contribution in [1.29, 1.82) is 0 Å². The number of aryl methyl sites for hydroxylation is 1. The van der Waals surface area contributed by atoms with Crippen molar-refractivity contribution in [2.45, 2.75) is 68.0 Å². The number of likely N-dealkylation sites (tertiary alicyclic amines) is 1. The molecule has 3 amide bonds. The summed E-state index contributed by atoms with van der Waals surface area (Å²) in [4.78, 5) is 38.4. The highest BCUT2D eigenvalue weighted by Gasteiger charge is 2.33. The standard InChI is InChI=1S/C39H47F3N10O4S/c1-48-34-22-28(2-7-33(34)36(47-48)52-21-14-35(53)46-38(52)54)27-10-15-49(16-11-27)25-26-8-17-50(18-9-26)31-3-5-32(6-4-31)57(55,56)51-19-12-30(13-20-51)45-37-43-23-29(24-44-37)39(40,41)42/h2-7,22-24,26-27,30H,8-21,25H2,1H3,(H,43,44,45)(H,46,53,54). The number of piperidine rings is 3. The van der Waals surface area contributed by atoms with Gasteiger partial charge in [-0.25, -0.2) is 23.2 Å². The minimum Gasteiger partial charge on any atom is -0.372 e. The van der Waals surface area contributed by atoms with E-state index in [2.05, 4.69) is 53.7 Å². The van der Waals surface area contributed by atoms with E-state index in [4.69, 9.17) is 0 Å². The number of benzene rings is 2. The van der Waals surface area contributed by atoms with Crippen LogP contribution in [-0.2, 0) is 28.0 Å². The summed E-state index contributed by atoms with van der Waals surface area (Å²) in [7, 11) is -1.81. The van der Waals surface area contributed by atoms with Gasteiger partial charge in [-0.2, -0.15) is 22.6 Å². The van der Waals surface area contributed by atoms with Crippen LogP contribution in [0.2, 0.25) is 0 Å². The normalized spacial score (nSPS) is 20.4. The van der Waals surface area contributed by atoms with Gasteiger partial charge in [-0.05, 0) is 105 Å². The van der Waals surface area contributed by atoms with Crippen LogP contribution in [0.5, 0.6) is 0 Å². The quantitative estimate of drug-likeness (QED) is 0.232. The van der Waals surface area contributed by atoms with E-state index in [1.165, 1.54) is 9.87 Å². The minimum atomic E-state index is -4.51. The molecule has 4 fully saturated rings. The van der Waals surface area contributed by atoms with Gasteiger partial charge in [0.15, 0.2) is 5.82 Å². The molecule has 4 aliphatic rings. The lowest BCUT2D eigenvalue weighted by molar-refractivity contribution is -0.138. The van der Waals surface area contributed by atoms with Gasteiger partial charge < -0.3 is 15.1 Å². The molecule has 0 saturated carbocycles. The van der Waals surface area contributed by atoms with Crippen LogP contribution in [0.3, 0.4) is 0 Å². The number of urea groups is 1. The number of anilines is 3. The van der Waals surface area contributed by atoms with E-state index < -0.39 is 27.8 Å². The summed E-state index contributed by atoms with van der Waals surface area (Å²) >= 11 is 0. The summed E-state index contributed by atoms with van der Waals surface area (Å²) in [6.07, 6.45) is 2.48. The van der Waals surface area contributed by atoms with E-state index >= 15 is 0 Å². The number of hydrogen-bond acceptors (Lipinski definition) is 10. The van der Waals surface area contributed by atoms with E-state index in [1.807, 2.05) is 23.9 Å². The van der Waals surface area contributed by atoms with Gasteiger partial charge in [0.25, 0.3) is 0 Å². The van der Waals surface area contributed by atoms with Crippen LogP contribution in [0.15, 0.2) is 59.8 Å². The van der Waals surface area contributed by atoms with Crippen molar-refractivity contribution in [3.05, 3.63) is 66.0 Å². The van der Waals surface area contributed by atoms with E-state index in [0.717, 1.165) is 87.4 Å². The van der Waals surface area contributed by atoms with Crippen LogP contribution in [-0.4, -0.2) is 108 Å². The van der Waals surface area contributed by atoms with Crippen LogP contribution in [0.4, 0.5) is 35.4 Å². The molecule has 4 aromatic rings. The molecule has 0 aliphatic carbocycles. The highest BCUT2D eigenvalue weighted by Crippen LogP contribution is 2.35. The maximum atomic E-state index is 13.5. The van der Waals surface area contributed by atoms with Crippen LogP contribution >= 0.6 is 0 Å². The Morgan fingerprint density at radius 2 is 1.54 bits per heavy atom. The van der Waals surface area contributed by atoms with Crippen molar-refractivity contribution in [2.75, 3.05) is 67.5 Å². The van der Waals surface area contributed by atoms with Gasteiger partial charge in [-0.15, -0.1) is 0 Å². The predicted octanol–water partition coefficient (Wildman–Crippen LogP) is 5.19. The van der Waals surface area contributed by atoms with E-state index in [1.54, 1.807) is 17.0 Å². The molecule has 0 atom stereocenters. The molecule has 18 heteroatoms. The molecule has 57 heavy (non-hydrogen) atoms. The van der Waals surface area contributed by atoms with Crippen LogP contribution in [0.1, 0.15) is 62.0 Å². The molecule has 4 aliphatic heterocycles. The monoisotopic (exact) mass is 808 g/mol. The highest BCUT2D eigenvalue weighted by atomic mass is 32.2. The first kappa shape index (κ1) is 39.0. The van der Waals surface area contributed by atoms with Crippen LogP contribution in [0, 0.1) is 5.92 Å². The summed E-state index contributed by atoms with van der Waals surface area (Å²) in [5.74, 6) is 1.46. The average Bonchev–Trinajstić information content (AvgIpc) is 3.53. The number of hydrogen-bond donors (Lipinski definition) is 2. The molecule has 2 aromatic carbocycles. The first-order valence-corrected chi connectivity index (χ1v) is 21.1. The zero-order valence-corrected chi connectivity index (χ0v) is 32.6. The molecule has 304 valence electrons. The third-order valence-corrected chi connectivity index (χ3v) is 13.9. The predicted molar refractivity (Wildman–Crippen MR) is 208 cm³/mol. The maximum absolute atomic E-state index is 13.5. The lowest BCUT2D eigenvalue weighted by Crippen LogP contribution is -2.49. The Kier molecular flexibility index (Phi) is 10.9. The Labute approximate surface area is 329 Å². The molecule has 2 aromatic heterocycles. The number of aromatic nitrogens is 4. The van der Waals surface area contributed by atoms with Gasteiger partial charge in [0.1, 0.15) is 0 Å². The van der Waals surface area contributed by atoms with Crippen molar-refractivity contribution in [1.82, 2.24) is 34.3 Å². The number of fused-ring (bicyclic) bond motifs is 1. The Hall–Kier alpha value is -4.81. The number of alkyl halides is 3. The SMILES string of the molecule is Cn1nc(N2CCC(=O)NC2=O)c2ccc(C3CCN(CC4CCN(c5ccc(S(=O)(=O)N6CCC(Nc7ncc(C(F)(F)F)cn7)CC6)cc5)CC4)CC3)cc21. The number of nitrogens with one attached hydrogen (secondary N) is 2. The number of amides is 3. The zero-order chi connectivity index (χ0) is 39.9. The van der Waals surface area contributed by atoms with Gasteiger partial charge in [-0.1, -0.05) is 6.07 Å². The molecule has 6 heterocycles. The fraction of sp³-hybridized carbons (Fsp3) is 0.513. The van der Waals surface area contributed by atoms with Crippen LogP contribution < -0.4 is 20.4 Å². The summed E-state index contributed by atoms with van der Waals surface area (Å²) < 4.78 is 68.7. The second-order valence-electron chi connectivity index (χ2n) is 15.6. The van der Waals surface area contributed by atoms with Gasteiger partial charge in [0, 0.05) is 82.2 Å². The topological polar surface area (TPSA) is 149 Å². The lowest BCUT2D eigenvalue weighted by atomic mass is 9.88. The largest absolute Gasteiger partial charge is 0.419 e. The number of halogens is 3. The Morgan fingerprint density at radius 3 is 2.19 bits per heavy atom. The molecule has 0 unspecified atom stereocenters. The second kappa shape index (κ2) is 15.9. The van der Waals surface area contributed by atoms with Crippen molar-refractivity contribution in [3.63, 3.8) is 0 Å². The molecular formula is C39H47F3N10O4S. The molecule has 4 saturated heterocycles. The number of carbonyl (C=O) groups is 2. The summed E-state index contributed by atoms with van der Waals surface area (Å²) in [6.45, 7) is 5.86. The average molecular weight is 809 g/mol. The molecule has 2 N–H and O–H groups in total. The second-order valence-corrected chi connectivity index (χ2v) is 17.5. The smallest absolute Gasteiger partial charge is 0.372 e. The Morgan fingerprint density at radius 1 is 0.860 bits per heavy atom. The minimum absolute atomic E-state index is 0.0882. The lowest BCUT2D eigenvalue weighted by Gasteiger charge is -2.38. The molecule has 0 bridgehead atoms. The molecular weight excluding hydrogens is 762 g/mol. The van der Waals surface area contributed by atoms with E-state index in [0.29, 0.717) is 37.0 Å². The van der Waals surface area contributed by atoms with Gasteiger partial charge >= 0.3 is 12.2 Å². The zero-order valence-electron chi connectivity index (χ0n) is 31.8. The van der Waals surface area contributed by atoms with Crippen LogP contribution in [0.25, 0.3) is 10.9 Å². The van der Waals surface area contributed by atoms with Gasteiger partial charge in [0.2, 0.25) is 21.9 Å². The number of sulfonamides is 1. The molecule has 8 rings (SSSR count). The van der Waals surface area contributed by atoms with Crippen molar-refractivity contribution in [3.8, 4) is 0 Å². The Bertz CT molecular complexity index is 2190. The summed E-state index contributed by atoms with van der Waals surface area (Å²) in [6, 6.07) is 13.0. The number of nitrogens with zero attached hydrogens (tertiary/aromatic N) is 8. The highest BCUT2D eigenvalue weighted by molar-refractivity contribution is 7.89. The van der Waals surface area contributed by atoms with Gasteiger partial charge in [-0.3, -0.25) is 19.7 Å². The first-order valence-electron chi connectivity index (χ1n) is 19.6. The fourth-order valence-corrected chi connectivity index (χ4v) is 10.1. The third kappa shape index (κ3) is 8.43. The van der Waals surface area contributed by atoms with E-state index in [-0.39, 0.29) is 42.3 Å². The van der Waals surface area contributed by atoms with Crippen molar-refractivity contribution >= 4 is 50.3 Å². The van der Waals surface area contributed by atoms with Gasteiger partial charge in [0.05, 0.1) is 16.0 Å². The van der Waals surface area contributed by atoms with E-state index in [9.17, 15) is 31.2 Å². The summed E-state index contributed by atoms with van der Waals surface area (Å²) in [5.41, 5.74) is 2.35.